The van der Waals surface area contributed by atoms with Gasteiger partial charge in [0.2, 0.25) is 0 Å². The standard InChI is InChI=1S/C17H21NO2/c1-14(2)20-17-11-7-6-10-16(17)18-12-13-19-15-8-4-3-5-9-15/h3-11,14,18H,12-13H2,1-2H3. The van der Waals surface area contributed by atoms with Crippen LogP contribution in [-0.4, -0.2) is 19.3 Å². The molecular weight excluding hydrogens is 250 g/mol. The van der Waals surface area contributed by atoms with Crippen LogP contribution in [0.1, 0.15) is 13.8 Å². The van der Waals surface area contributed by atoms with Gasteiger partial charge >= 0.3 is 0 Å². The van der Waals surface area contributed by atoms with Crippen LogP contribution in [0.2, 0.25) is 0 Å². The van der Waals surface area contributed by atoms with E-state index < -0.39 is 0 Å². The lowest BCUT2D eigenvalue weighted by molar-refractivity contribution is 0.243. The molecule has 0 saturated carbocycles. The predicted octanol–water partition coefficient (Wildman–Crippen LogP) is 3.96. The van der Waals surface area contributed by atoms with E-state index in [0.29, 0.717) is 6.61 Å². The monoisotopic (exact) mass is 271 g/mol. The van der Waals surface area contributed by atoms with E-state index in [9.17, 15) is 0 Å². The minimum absolute atomic E-state index is 0.165. The summed E-state index contributed by atoms with van der Waals surface area (Å²) in [4.78, 5) is 0. The van der Waals surface area contributed by atoms with E-state index in [2.05, 4.69) is 5.32 Å². The maximum atomic E-state index is 5.76. The van der Waals surface area contributed by atoms with Gasteiger partial charge in [0.1, 0.15) is 18.1 Å². The summed E-state index contributed by atoms with van der Waals surface area (Å²) in [5.74, 6) is 1.77. The molecule has 0 aromatic heterocycles. The van der Waals surface area contributed by atoms with Crippen LogP contribution in [0.15, 0.2) is 54.6 Å². The molecule has 106 valence electrons. The Balaban J connectivity index is 1.82. The summed E-state index contributed by atoms with van der Waals surface area (Å²) in [6, 6.07) is 17.8. The fraction of sp³-hybridized carbons (Fsp3) is 0.294. The van der Waals surface area contributed by atoms with Crippen molar-refractivity contribution in [3.8, 4) is 11.5 Å². The van der Waals surface area contributed by atoms with Crippen LogP contribution >= 0.6 is 0 Å². The number of benzene rings is 2. The van der Waals surface area contributed by atoms with Gasteiger partial charge in [0.05, 0.1) is 11.8 Å². The van der Waals surface area contributed by atoms with Gasteiger partial charge in [-0.25, -0.2) is 0 Å². The normalized spacial score (nSPS) is 10.3. The molecule has 1 N–H and O–H groups in total. The second kappa shape index (κ2) is 7.43. The molecule has 2 rings (SSSR count). The van der Waals surface area contributed by atoms with Gasteiger partial charge in [-0.2, -0.15) is 0 Å². The van der Waals surface area contributed by atoms with Gasteiger partial charge in [-0.05, 0) is 38.1 Å². The molecular formula is C17H21NO2. The van der Waals surface area contributed by atoms with E-state index in [4.69, 9.17) is 9.47 Å². The van der Waals surface area contributed by atoms with Crippen molar-refractivity contribution in [2.24, 2.45) is 0 Å². The van der Waals surface area contributed by atoms with Crippen molar-refractivity contribution in [1.82, 2.24) is 0 Å². The summed E-state index contributed by atoms with van der Waals surface area (Å²) < 4.78 is 11.4. The zero-order valence-electron chi connectivity index (χ0n) is 12.0. The van der Waals surface area contributed by atoms with Crippen LogP contribution in [0, 0.1) is 0 Å². The van der Waals surface area contributed by atoms with Gasteiger partial charge in [-0.1, -0.05) is 30.3 Å². The van der Waals surface area contributed by atoms with Crippen molar-refractivity contribution in [2.45, 2.75) is 20.0 Å². The number of para-hydroxylation sites is 3. The van der Waals surface area contributed by atoms with E-state index in [1.165, 1.54) is 0 Å². The fourth-order valence-electron chi connectivity index (χ4n) is 1.84. The van der Waals surface area contributed by atoms with Crippen LogP contribution < -0.4 is 14.8 Å². The Morgan fingerprint density at radius 1 is 0.950 bits per heavy atom. The van der Waals surface area contributed by atoms with Gasteiger partial charge in [-0.15, -0.1) is 0 Å². The molecule has 0 aliphatic rings. The smallest absolute Gasteiger partial charge is 0.142 e. The first kappa shape index (κ1) is 14.3. The summed E-state index contributed by atoms with van der Waals surface area (Å²) in [5, 5.41) is 3.34. The second-order valence-electron chi connectivity index (χ2n) is 4.75. The molecule has 0 heterocycles. The van der Waals surface area contributed by atoms with Gasteiger partial charge in [-0.3, -0.25) is 0 Å². The molecule has 3 heteroatoms. The molecule has 0 spiro atoms. The average Bonchev–Trinajstić information content (AvgIpc) is 2.46. The first-order valence-corrected chi connectivity index (χ1v) is 6.93. The number of anilines is 1. The largest absolute Gasteiger partial charge is 0.492 e. The highest BCUT2D eigenvalue weighted by Gasteiger charge is 2.04. The molecule has 20 heavy (non-hydrogen) atoms. The van der Waals surface area contributed by atoms with Gasteiger partial charge in [0.25, 0.3) is 0 Å². The highest BCUT2D eigenvalue weighted by atomic mass is 16.5. The Labute approximate surface area is 120 Å². The molecule has 0 unspecified atom stereocenters. The minimum atomic E-state index is 0.165. The highest BCUT2D eigenvalue weighted by Crippen LogP contribution is 2.24. The predicted molar refractivity (Wildman–Crippen MR) is 82.6 cm³/mol. The Hall–Kier alpha value is -2.16. The Bertz CT molecular complexity index is 511. The zero-order valence-corrected chi connectivity index (χ0v) is 12.0. The van der Waals surface area contributed by atoms with Gasteiger partial charge in [0.15, 0.2) is 0 Å². The van der Waals surface area contributed by atoms with E-state index in [1.807, 2.05) is 68.4 Å². The number of ether oxygens (including phenoxy) is 2. The molecule has 0 bridgehead atoms. The molecule has 0 fully saturated rings. The quantitative estimate of drug-likeness (QED) is 0.773. The SMILES string of the molecule is CC(C)Oc1ccccc1NCCOc1ccccc1. The summed E-state index contributed by atoms with van der Waals surface area (Å²) in [5.41, 5.74) is 0.998. The summed E-state index contributed by atoms with van der Waals surface area (Å²) in [7, 11) is 0. The maximum absolute atomic E-state index is 5.76. The zero-order chi connectivity index (χ0) is 14.2. The van der Waals surface area contributed by atoms with E-state index in [-0.39, 0.29) is 6.10 Å². The summed E-state index contributed by atoms with van der Waals surface area (Å²) in [6.45, 7) is 5.39. The van der Waals surface area contributed by atoms with E-state index in [0.717, 1.165) is 23.7 Å². The number of rotatable bonds is 7. The van der Waals surface area contributed by atoms with E-state index in [1.54, 1.807) is 0 Å². The number of hydrogen-bond acceptors (Lipinski definition) is 3. The van der Waals surface area contributed by atoms with Crippen LogP contribution in [0.3, 0.4) is 0 Å². The van der Waals surface area contributed by atoms with Crippen molar-refractivity contribution < 1.29 is 9.47 Å². The molecule has 0 aliphatic carbocycles. The van der Waals surface area contributed by atoms with Crippen molar-refractivity contribution in [3.63, 3.8) is 0 Å². The molecule has 3 nitrogen and oxygen atoms in total. The van der Waals surface area contributed by atoms with Gasteiger partial charge < -0.3 is 14.8 Å². The Morgan fingerprint density at radius 3 is 2.40 bits per heavy atom. The van der Waals surface area contributed by atoms with Crippen LogP contribution in [0.25, 0.3) is 0 Å². The molecule has 0 radical (unpaired) electrons. The topological polar surface area (TPSA) is 30.5 Å². The second-order valence-corrected chi connectivity index (χ2v) is 4.75. The Morgan fingerprint density at radius 2 is 1.65 bits per heavy atom. The molecule has 2 aromatic rings. The van der Waals surface area contributed by atoms with Crippen LogP contribution in [0.4, 0.5) is 5.69 Å². The van der Waals surface area contributed by atoms with Crippen LogP contribution in [0.5, 0.6) is 11.5 Å². The first-order valence-electron chi connectivity index (χ1n) is 6.93. The molecule has 2 aromatic carbocycles. The maximum Gasteiger partial charge on any atom is 0.142 e. The Kier molecular flexibility index (Phi) is 5.30. The lowest BCUT2D eigenvalue weighted by Crippen LogP contribution is -2.13. The van der Waals surface area contributed by atoms with Crippen molar-refractivity contribution in [2.75, 3.05) is 18.5 Å². The molecule has 0 amide bonds. The highest BCUT2D eigenvalue weighted by molar-refractivity contribution is 5.56. The van der Waals surface area contributed by atoms with Crippen molar-refractivity contribution >= 4 is 5.69 Å². The average molecular weight is 271 g/mol. The van der Waals surface area contributed by atoms with E-state index >= 15 is 0 Å². The lowest BCUT2D eigenvalue weighted by atomic mass is 10.3. The third kappa shape index (κ3) is 4.50. The van der Waals surface area contributed by atoms with Crippen LogP contribution in [-0.2, 0) is 0 Å². The lowest BCUT2D eigenvalue weighted by Gasteiger charge is -2.15. The molecule has 0 atom stereocenters. The summed E-state index contributed by atoms with van der Waals surface area (Å²) in [6.07, 6.45) is 0.165. The number of hydrogen-bond donors (Lipinski definition) is 1. The molecule has 0 aliphatic heterocycles. The third-order valence-corrected chi connectivity index (χ3v) is 2.68. The van der Waals surface area contributed by atoms with Gasteiger partial charge in [0, 0.05) is 6.54 Å². The third-order valence-electron chi connectivity index (χ3n) is 2.68. The van der Waals surface area contributed by atoms with Crippen molar-refractivity contribution in [1.29, 1.82) is 0 Å². The number of nitrogens with one attached hydrogen (secondary N) is 1. The minimum Gasteiger partial charge on any atom is -0.492 e. The molecule has 0 saturated heterocycles. The van der Waals surface area contributed by atoms with Crippen molar-refractivity contribution in [3.05, 3.63) is 54.6 Å². The summed E-state index contributed by atoms with van der Waals surface area (Å²) >= 11 is 0. The fourth-order valence-corrected chi connectivity index (χ4v) is 1.84. The first-order chi connectivity index (χ1) is 9.75.